The van der Waals surface area contributed by atoms with E-state index in [2.05, 4.69) is 25.4 Å². The standard InChI is InChI=1S/C38H42BF4N9O5/c1-21-44-17-22(18-45-21)27-16-29(38(41,42)43)48-52(27)20-35(2,3)47-32(53)28(15-23-19-46-31-34(55)49(8)13-14-50(23)31)51-12-11-24-25(9-10-26(40)30(24)33(51)54)39-56-36(4,5)37(6,7)57-39/h9-10,13-14,16-19,28H,11-12,15,20H2,1-8H3,(H,47,53). The van der Waals surface area contributed by atoms with Crippen molar-refractivity contribution in [3.8, 4) is 11.3 Å². The predicted octanol–water partition coefficient (Wildman–Crippen LogP) is 3.66. The van der Waals surface area contributed by atoms with Crippen LogP contribution in [0.3, 0.4) is 0 Å². The number of hydrogen-bond donors (Lipinski definition) is 1. The molecular formula is C38H42BF4N9O5. The third-order valence-corrected chi connectivity index (χ3v) is 10.9. The quantitative estimate of drug-likeness (QED) is 0.174. The fraction of sp³-hybridized carbons (Fsp3) is 0.447. The Morgan fingerprint density at radius 1 is 1.02 bits per heavy atom. The molecule has 1 unspecified atom stereocenters. The number of carbonyl (C=O) groups excluding carboxylic acids is 2. The summed E-state index contributed by atoms with van der Waals surface area (Å²) in [6.45, 7) is 12.1. The molecule has 1 fully saturated rings. The van der Waals surface area contributed by atoms with E-state index in [1.807, 2.05) is 27.7 Å². The number of nitrogens with one attached hydrogen (secondary N) is 1. The predicted molar refractivity (Wildman–Crippen MR) is 200 cm³/mol. The van der Waals surface area contributed by atoms with Crippen LogP contribution >= 0.6 is 0 Å². The molecule has 2 aliphatic heterocycles. The highest BCUT2D eigenvalue weighted by Gasteiger charge is 2.53. The van der Waals surface area contributed by atoms with Gasteiger partial charge in [-0.3, -0.25) is 23.5 Å². The summed E-state index contributed by atoms with van der Waals surface area (Å²) in [6, 6.07) is 2.32. The second-order valence-corrected chi connectivity index (χ2v) is 16.2. The Balaban J connectivity index is 1.24. The number of alkyl halides is 3. The molecular weight excluding hydrogens is 749 g/mol. The van der Waals surface area contributed by atoms with Crippen LogP contribution in [0.1, 0.15) is 74.7 Å². The largest absolute Gasteiger partial charge is 0.495 e. The molecule has 0 aliphatic carbocycles. The van der Waals surface area contributed by atoms with Gasteiger partial charge in [0.1, 0.15) is 17.7 Å². The van der Waals surface area contributed by atoms with Crippen molar-refractivity contribution in [2.45, 2.75) is 96.8 Å². The van der Waals surface area contributed by atoms with Gasteiger partial charge in [-0.15, -0.1) is 0 Å². The van der Waals surface area contributed by atoms with E-state index in [0.29, 0.717) is 22.5 Å². The van der Waals surface area contributed by atoms with Crippen LogP contribution in [0.2, 0.25) is 0 Å². The molecule has 14 nitrogen and oxygen atoms in total. The lowest BCUT2D eigenvalue weighted by molar-refractivity contribution is -0.141. The average molecular weight is 792 g/mol. The maximum Gasteiger partial charge on any atom is 0.495 e. The Bertz CT molecular complexity index is 2440. The summed E-state index contributed by atoms with van der Waals surface area (Å²) in [5.74, 6) is -1.80. The van der Waals surface area contributed by atoms with Gasteiger partial charge in [-0.2, -0.15) is 18.3 Å². The Kier molecular flexibility index (Phi) is 9.70. The summed E-state index contributed by atoms with van der Waals surface area (Å²) < 4.78 is 74.1. The number of halogens is 4. The van der Waals surface area contributed by atoms with Gasteiger partial charge in [0.05, 0.1) is 34.5 Å². The third-order valence-electron chi connectivity index (χ3n) is 10.9. The summed E-state index contributed by atoms with van der Waals surface area (Å²) in [7, 11) is 0.695. The first-order chi connectivity index (χ1) is 26.6. The molecule has 0 saturated carbocycles. The number of hydrogen-bond acceptors (Lipinski definition) is 9. The molecule has 57 heavy (non-hydrogen) atoms. The maximum absolute atomic E-state index is 15.8. The third kappa shape index (κ3) is 7.33. The van der Waals surface area contributed by atoms with Gasteiger partial charge in [-0.1, -0.05) is 6.07 Å². The number of rotatable bonds is 9. The lowest BCUT2D eigenvalue weighted by atomic mass is 9.72. The minimum atomic E-state index is -4.76. The molecule has 1 aromatic carbocycles. The number of aryl methyl sites for hydroxylation is 2. The van der Waals surface area contributed by atoms with Crippen molar-refractivity contribution in [3.05, 3.63) is 93.7 Å². The Labute approximate surface area is 325 Å². The molecule has 0 bridgehead atoms. The van der Waals surface area contributed by atoms with Crippen LogP contribution in [-0.4, -0.2) is 86.9 Å². The maximum atomic E-state index is 15.8. The van der Waals surface area contributed by atoms with E-state index in [9.17, 15) is 27.6 Å². The van der Waals surface area contributed by atoms with E-state index in [0.717, 1.165) is 10.7 Å². The van der Waals surface area contributed by atoms with Crippen LogP contribution in [0.25, 0.3) is 16.9 Å². The van der Waals surface area contributed by atoms with E-state index in [4.69, 9.17) is 9.31 Å². The lowest BCUT2D eigenvalue weighted by Gasteiger charge is -2.37. The molecule has 6 heterocycles. The summed E-state index contributed by atoms with van der Waals surface area (Å²) in [5, 5.41) is 6.76. The number of benzene rings is 1. The Morgan fingerprint density at radius 3 is 2.33 bits per heavy atom. The van der Waals surface area contributed by atoms with Crippen LogP contribution in [-0.2, 0) is 46.7 Å². The van der Waals surface area contributed by atoms with Gasteiger partial charge in [-0.25, -0.2) is 19.3 Å². The molecule has 2 aliphatic rings. The summed E-state index contributed by atoms with van der Waals surface area (Å²) in [4.78, 5) is 55.7. The van der Waals surface area contributed by atoms with Crippen molar-refractivity contribution in [3.63, 3.8) is 0 Å². The van der Waals surface area contributed by atoms with E-state index in [1.54, 1.807) is 40.1 Å². The molecule has 1 atom stereocenters. The van der Waals surface area contributed by atoms with Gasteiger partial charge < -0.3 is 24.1 Å². The van der Waals surface area contributed by atoms with Crippen molar-refractivity contribution in [1.82, 2.24) is 43.9 Å². The molecule has 4 aromatic heterocycles. The second kappa shape index (κ2) is 13.9. The SMILES string of the molecule is Cc1ncc(-c2cc(C(F)(F)F)nn2CC(C)(C)NC(=O)C(Cc2cnc3c(=O)n(C)ccn23)N2CCc3c(B4OC(C)(C)C(C)(C)O4)ccc(F)c3C2=O)cn1. The first-order valence-corrected chi connectivity index (χ1v) is 18.3. The van der Waals surface area contributed by atoms with Gasteiger partial charge >= 0.3 is 13.3 Å². The fourth-order valence-corrected chi connectivity index (χ4v) is 7.17. The molecule has 1 N–H and O–H groups in total. The summed E-state index contributed by atoms with van der Waals surface area (Å²) >= 11 is 0. The van der Waals surface area contributed by atoms with Crippen LogP contribution in [0.5, 0.6) is 0 Å². The number of aromatic nitrogens is 7. The highest BCUT2D eigenvalue weighted by molar-refractivity contribution is 6.62. The van der Waals surface area contributed by atoms with Gasteiger partial charge in [0.25, 0.3) is 11.5 Å². The van der Waals surface area contributed by atoms with Crippen molar-refractivity contribution in [1.29, 1.82) is 0 Å². The van der Waals surface area contributed by atoms with Crippen molar-refractivity contribution < 1.29 is 36.5 Å². The van der Waals surface area contributed by atoms with E-state index >= 15 is 4.39 Å². The number of nitrogens with zero attached hydrogens (tertiary/aromatic N) is 8. The summed E-state index contributed by atoms with van der Waals surface area (Å²) in [6.07, 6.45) is 2.57. The average Bonchev–Trinajstić information content (AvgIpc) is 3.78. The first kappa shape index (κ1) is 39.8. The molecule has 2 amide bonds. The van der Waals surface area contributed by atoms with Gasteiger partial charge in [0.15, 0.2) is 5.69 Å². The number of imidazole rings is 1. The molecule has 1 saturated heterocycles. The van der Waals surface area contributed by atoms with E-state index in [1.165, 1.54) is 44.7 Å². The van der Waals surface area contributed by atoms with Gasteiger partial charge in [0, 0.05) is 62.3 Å². The Morgan fingerprint density at radius 2 is 1.68 bits per heavy atom. The van der Waals surface area contributed by atoms with Crippen LogP contribution in [0, 0.1) is 12.7 Å². The lowest BCUT2D eigenvalue weighted by Crippen LogP contribution is -2.58. The van der Waals surface area contributed by atoms with Crippen LogP contribution < -0.4 is 16.3 Å². The van der Waals surface area contributed by atoms with E-state index < -0.39 is 65.0 Å². The zero-order valence-electron chi connectivity index (χ0n) is 32.7. The van der Waals surface area contributed by atoms with Crippen molar-refractivity contribution >= 4 is 30.0 Å². The van der Waals surface area contributed by atoms with Gasteiger partial charge in [0.2, 0.25) is 11.6 Å². The second-order valence-electron chi connectivity index (χ2n) is 16.2. The minimum absolute atomic E-state index is 0.00944. The van der Waals surface area contributed by atoms with Crippen molar-refractivity contribution in [2.75, 3.05) is 6.54 Å². The zero-order valence-corrected chi connectivity index (χ0v) is 32.7. The molecule has 19 heteroatoms. The smallest absolute Gasteiger partial charge is 0.399 e. The highest BCUT2D eigenvalue weighted by atomic mass is 19.4. The molecule has 300 valence electrons. The number of fused-ring (bicyclic) bond motifs is 2. The number of carbonyl (C=O) groups is 2. The van der Waals surface area contributed by atoms with Crippen LogP contribution in [0.15, 0.2) is 54.0 Å². The minimum Gasteiger partial charge on any atom is -0.399 e. The molecule has 0 radical (unpaired) electrons. The molecule has 0 spiro atoms. The highest BCUT2D eigenvalue weighted by Crippen LogP contribution is 2.38. The topological polar surface area (TPSA) is 151 Å². The zero-order chi connectivity index (χ0) is 41.4. The monoisotopic (exact) mass is 791 g/mol. The molecule has 7 rings (SSSR count). The fourth-order valence-electron chi connectivity index (χ4n) is 7.17. The summed E-state index contributed by atoms with van der Waals surface area (Å²) in [5.41, 5.74) is -2.67. The Hall–Kier alpha value is -5.43. The van der Waals surface area contributed by atoms with Crippen LogP contribution in [0.4, 0.5) is 17.6 Å². The van der Waals surface area contributed by atoms with Crippen molar-refractivity contribution in [2.24, 2.45) is 7.05 Å². The van der Waals surface area contributed by atoms with Gasteiger partial charge in [-0.05, 0) is 78.0 Å². The number of amides is 2. The van der Waals surface area contributed by atoms with E-state index in [-0.39, 0.29) is 48.4 Å². The normalized spacial score (nSPS) is 17.3. The molecule has 5 aromatic rings. The first-order valence-electron chi connectivity index (χ1n) is 18.3.